The Balaban J connectivity index is 0.000000569. The van der Waals surface area contributed by atoms with Gasteiger partial charge in [0.2, 0.25) is 0 Å². The van der Waals surface area contributed by atoms with E-state index in [1.165, 1.54) is 27.2 Å². The number of rotatable bonds is 18. The molecule has 19 nitrogen and oxygen atoms in total. The van der Waals surface area contributed by atoms with Crippen molar-refractivity contribution in [1.29, 1.82) is 0 Å². The molecule has 4 N–H and O–H groups in total. The average molecular weight is 1930 g/mol. The number of ketones is 1. The van der Waals surface area contributed by atoms with Gasteiger partial charge in [-0.05, 0) is 87.7 Å². The summed E-state index contributed by atoms with van der Waals surface area (Å²) in [5.41, 5.74) is 10.5. The minimum atomic E-state index is -0.721. The Hall–Kier alpha value is -3.27. The number of hydrogen-bond acceptors (Lipinski definition) is 17. The molecule has 1 unspecified atom stereocenters. The Morgan fingerprint density at radius 1 is 0.706 bits per heavy atom. The van der Waals surface area contributed by atoms with E-state index in [9.17, 15) is 43.2 Å². The molecule has 461 valence electrons. The van der Waals surface area contributed by atoms with Crippen LogP contribution in [0.1, 0.15) is 99.5 Å². The zero-order valence-corrected chi connectivity index (χ0v) is 62.8. The number of nitrogens with two attached hydrogens (primary N) is 1. The van der Waals surface area contributed by atoms with Crippen molar-refractivity contribution in [3.8, 4) is 0 Å². The van der Waals surface area contributed by atoms with Gasteiger partial charge in [0.1, 0.15) is 5.57 Å². The quantitative estimate of drug-likeness (QED) is 0.0123. The fraction of sp³-hybridized carbons (Fsp3) is 0.281. The summed E-state index contributed by atoms with van der Waals surface area (Å²) in [6.45, 7) is 9.97. The molecule has 0 radical (unpaired) electrons. The van der Waals surface area contributed by atoms with Crippen molar-refractivity contribution < 1.29 is 94.3 Å². The summed E-state index contributed by atoms with van der Waals surface area (Å²) in [5.74, 6) is -4.59. The van der Waals surface area contributed by atoms with Crippen LogP contribution in [0.25, 0.3) is 6.08 Å². The predicted molar refractivity (Wildman–Crippen MR) is 360 cm³/mol. The number of amides is 4. The van der Waals surface area contributed by atoms with E-state index in [0.717, 1.165) is 17.4 Å². The normalized spacial score (nSPS) is 13.7. The topological polar surface area (TPSA) is 262 Å². The standard InChI is InChI=1S/C21H26ClNO5.C16H18N2O5.C12H11ClO3.C8H5NO2.I3.3HI.V/c1-5-11-27-12-16-19(21(25)28-6-2)18(14-9-7-8-10-15(14)22)17(13(3)23-16)20(24)26-4;1-2-23-14(19)9-11(17)10-22-8-7-18-15(20)12-5-3-4-6-13(12)16(18)21;1-8(14)10(12(15)16-2)7-9-5-3-4-6-11(9)13;10-7-5-3-1-2-4-6(5)8(11)9-7;1-3-2;;;;/h7-10,18,23H,5-6,11-12H2,1-4H3;3-6,9H,2,7-8,10,17H2,1H3;3-7H,1-2H3;1-4H,(H,9,10,11);;3*1H;/q;;;;-1;;;;+2/p-2/b;11-9+;10-7-;;;;;;. The Bertz CT molecular complexity index is 3040. The van der Waals surface area contributed by atoms with Crippen LogP contribution < -0.4 is 29.6 Å². The second-order valence-electron chi connectivity index (χ2n) is 16.7. The van der Waals surface area contributed by atoms with E-state index in [2.05, 4.69) is 92.6 Å². The first-order valence-electron chi connectivity index (χ1n) is 24.9. The van der Waals surface area contributed by atoms with Gasteiger partial charge in [-0.25, -0.2) is 19.2 Å². The van der Waals surface area contributed by atoms with Crippen LogP contribution in [-0.2, 0) is 61.9 Å². The Labute approximate surface area is 579 Å². The number of ether oxygens (including phenoxy) is 6. The van der Waals surface area contributed by atoms with Crippen LogP contribution in [0.2, 0.25) is 10.0 Å². The van der Waals surface area contributed by atoms with Crippen molar-refractivity contribution >= 4 is 184 Å². The molecule has 28 heteroatoms. The molecule has 0 spiro atoms. The van der Waals surface area contributed by atoms with E-state index in [4.69, 9.17) is 52.6 Å². The predicted octanol–water partition coefficient (Wildman–Crippen LogP) is 8.64. The second kappa shape index (κ2) is 44.2. The van der Waals surface area contributed by atoms with E-state index in [-0.39, 0.29) is 104 Å². The van der Waals surface area contributed by atoms with Gasteiger partial charge in [0, 0.05) is 34.1 Å². The zero-order valence-electron chi connectivity index (χ0n) is 46.8. The van der Waals surface area contributed by atoms with Crippen molar-refractivity contribution in [2.75, 3.05) is 60.4 Å². The molecule has 0 aromatic heterocycles. The Morgan fingerprint density at radius 2 is 1.21 bits per heavy atom. The van der Waals surface area contributed by atoms with Gasteiger partial charge in [0.15, 0.2) is 5.78 Å². The number of Topliss-reactive ketones (excluding diaryl/α,β-unsaturated/α-hetero) is 1. The molecule has 3 aliphatic heterocycles. The number of fused-ring (bicyclic) bond motifs is 2. The molecular formula is C57H61Cl2I6N4O15V-. The molecule has 0 saturated heterocycles. The molecule has 3 heterocycles. The monoisotopic (exact) mass is 1920 g/mol. The summed E-state index contributed by atoms with van der Waals surface area (Å²) in [4.78, 5) is 106. The first kappa shape index (κ1) is 79.7. The maximum absolute atomic E-state index is 12.9. The summed E-state index contributed by atoms with van der Waals surface area (Å²) < 4.78 is 30.5. The molecular weight excluding hydrogens is 1860 g/mol. The summed E-state index contributed by atoms with van der Waals surface area (Å²) in [5, 5.41) is 6.26. The van der Waals surface area contributed by atoms with Gasteiger partial charge in [-0.2, -0.15) is 0 Å². The fourth-order valence-corrected chi connectivity index (χ4v) is 8.06. The summed E-state index contributed by atoms with van der Waals surface area (Å²) >= 11 is 22.4. The Kier molecular flexibility index (Phi) is 41.5. The number of dihydropyridines is 1. The van der Waals surface area contributed by atoms with E-state index < -0.39 is 29.8 Å². The number of carbonyl (C=O) groups excluding carboxylic acids is 9. The van der Waals surface area contributed by atoms with E-state index >= 15 is 0 Å². The molecule has 4 aromatic carbocycles. The van der Waals surface area contributed by atoms with Crippen LogP contribution in [0.15, 0.2) is 137 Å². The van der Waals surface area contributed by atoms with Crippen molar-refractivity contribution in [2.24, 2.45) is 5.73 Å². The maximum atomic E-state index is 12.9. The molecule has 0 fully saturated rings. The van der Waals surface area contributed by atoms with Crippen molar-refractivity contribution in [3.05, 3.63) is 180 Å². The van der Waals surface area contributed by atoms with Crippen LogP contribution in [0.5, 0.6) is 0 Å². The zero-order chi connectivity index (χ0) is 62.9. The van der Waals surface area contributed by atoms with E-state index in [1.807, 2.05) is 13.0 Å². The van der Waals surface area contributed by atoms with Gasteiger partial charge >= 0.3 is 124 Å². The van der Waals surface area contributed by atoms with Crippen LogP contribution in [0.3, 0.4) is 0 Å². The fourth-order valence-electron chi connectivity index (χ4n) is 7.62. The third kappa shape index (κ3) is 26.0. The first-order chi connectivity index (χ1) is 40.2. The number of hydrogen-bond donors (Lipinski definition) is 3. The van der Waals surface area contributed by atoms with Crippen LogP contribution in [0.4, 0.5) is 0 Å². The van der Waals surface area contributed by atoms with Crippen molar-refractivity contribution in [1.82, 2.24) is 15.5 Å². The van der Waals surface area contributed by atoms with Crippen LogP contribution in [-0.4, -0.2) is 119 Å². The molecule has 7 rings (SSSR count). The molecule has 0 bridgehead atoms. The number of esters is 4. The molecule has 3 aliphatic rings. The average Bonchev–Trinajstić information content (AvgIpc) is 2.40. The minimum absolute atomic E-state index is 0. The van der Waals surface area contributed by atoms with Crippen molar-refractivity contribution in [2.45, 2.75) is 47.0 Å². The first-order valence-corrected chi connectivity index (χ1v) is 47.3. The SMILES string of the molecule is CCCOCC1=C(C(=O)OCC)C(c2ccccc2Cl)C(C(=O)OC)=C(C)N1.CCOC(=O)/C=C(/N)COCCN1C(=O)c2ccccc2C1=O.COC(=O)/C(=C\c1ccccc1Cl)C(C)=O.I.I[I-]I.O=C1NC(=O)c2ccccc21.[I][V][I]. The number of imide groups is 2. The summed E-state index contributed by atoms with van der Waals surface area (Å²) in [6.07, 6.45) is 3.42. The third-order valence-electron chi connectivity index (χ3n) is 11.2. The second-order valence-corrected chi connectivity index (χ2v) is 45.5. The van der Waals surface area contributed by atoms with Gasteiger partial charge in [-0.3, -0.25) is 34.2 Å². The van der Waals surface area contributed by atoms with Gasteiger partial charge in [-0.1, -0.05) is 90.8 Å². The number of carbonyl (C=O) groups is 9. The molecule has 85 heavy (non-hydrogen) atoms. The number of methoxy groups -OCH3 is 2. The number of halogens is 8. The van der Waals surface area contributed by atoms with Gasteiger partial charge < -0.3 is 39.5 Å². The van der Waals surface area contributed by atoms with Crippen LogP contribution in [0, 0.1) is 0 Å². The molecule has 1 atom stereocenters. The summed E-state index contributed by atoms with van der Waals surface area (Å²) in [7, 11) is 3.16. The number of benzene rings is 4. The summed E-state index contributed by atoms with van der Waals surface area (Å²) in [6, 6.07) is 27.5. The molecule has 4 amide bonds. The molecule has 4 aromatic rings. The van der Waals surface area contributed by atoms with Gasteiger partial charge in [-0.15, -0.1) is 24.0 Å². The van der Waals surface area contributed by atoms with Gasteiger partial charge in [0.05, 0.1) is 98.8 Å². The number of allylic oxidation sites excluding steroid dienone is 1. The number of nitrogens with one attached hydrogen (secondary N) is 2. The van der Waals surface area contributed by atoms with E-state index in [1.54, 1.807) is 112 Å². The van der Waals surface area contributed by atoms with Crippen LogP contribution >= 0.6 is 124 Å². The number of nitrogens with zero attached hydrogens (tertiary/aromatic N) is 1. The molecule has 0 saturated carbocycles. The van der Waals surface area contributed by atoms with E-state index in [0.29, 0.717) is 95.3 Å². The third-order valence-corrected chi connectivity index (χ3v) is 11.9. The Morgan fingerprint density at radius 3 is 1.69 bits per heavy atom. The van der Waals surface area contributed by atoms with Gasteiger partial charge in [0.25, 0.3) is 23.6 Å². The molecule has 0 aliphatic carbocycles. The van der Waals surface area contributed by atoms with Crippen molar-refractivity contribution in [3.63, 3.8) is 0 Å².